The van der Waals surface area contributed by atoms with E-state index in [1.807, 2.05) is 6.92 Å². The molecule has 1 rings (SSSR count). The zero-order valence-corrected chi connectivity index (χ0v) is 12.7. The third-order valence-electron chi connectivity index (χ3n) is 2.95. The van der Waals surface area contributed by atoms with Gasteiger partial charge in [0.1, 0.15) is 0 Å². The molecule has 1 aromatic heterocycles. The van der Waals surface area contributed by atoms with Crippen LogP contribution in [0.5, 0.6) is 0 Å². The van der Waals surface area contributed by atoms with Crippen LogP contribution in [0.2, 0.25) is 5.02 Å². The predicted octanol–water partition coefficient (Wildman–Crippen LogP) is 2.84. The van der Waals surface area contributed by atoms with Gasteiger partial charge >= 0.3 is 0 Å². The standard InChI is InChI=1S/C14H21ClN2O2/c1-10-7-12(15)11(8-16-10)13(18)17-9-14(2,3)5-6-19-4/h7-8H,5-6,9H2,1-4H3,(H,17,18). The van der Waals surface area contributed by atoms with Crippen LogP contribution in [0.3, 0.4) is 0 Å². The second-order valence-electron chi connectivity index (χ2n) is 5.40. The average molecular weight is 285 g/mol. The summed E-state index contributed by atoms with van der Waals surface area (Å²) in [6.07, 6.45) is 2.39. The lowest BCUT2D eigenvalue weighted by Gasteiger charge is -2.24. The molecule has 0 saturated heterocycles. The Morgan fingerprint density at radius 1 is 1.53 bits per heavy atom. The summed E-state index contributed by atoms with van der Waals surface area (Å²) in [5.41, 5.74) is 1.19. The number of pyridine rings is 1. The first-order chi connectivity index (χ1) is 8.85. The number of halogens is 1. The smallest absolute Gasteiger partial charge is 0.254 e. The van der Waals surface area contributed by atoms with Crippen LogP contribution < -0.4 is 5.32 Å². The molecule has 0 radical (unpaired) electrons. The number of hydrogen-bond donors (Lipinski definition) is 1. The Hall–Kier alpha value is -1.13. The van der Waals surface area contributed by atoms with Crippen LogP contribution in [0.1, 0.15) is 36.3 Å². The fourth-order valence-corrected chi connectivity index (χ4v) is 1.87. The van der Waals surface area contributed by atoms with E-state index >= 15 is 0 Å². The highest BCUT2D eigenvalue weighted by atomic mass is 35.5. The largest absolute Gasteiger partial charge is 0.385 e. The summed E-state index contributed by atoms with van der Waals surface area (Å²) >= 11 is 6.04. The van der Waals surface area contributed by atoms with Gasteiger partial charge in [-0.2, -0.15) is 0 Å². The minimum Gasteiger partial charge on any atom is -0.385 e. The Bertz CT molecular complexity index is 447. The lowest BCUT2D eigenvalue weighted by atomic mass is 9.89. The zero-order valence-electron chi connectivity index (χ0n) is 11.9. The Balaban J connectivity index is 2.60. The molecule has 0 atom stereocenters. The number of rotatable bonds is 6. The van der Waals surface area contributed by atoms with Crippen LogP contribution in [0.25, 0.3) is 0 Å². The molecule has 0 unspecified atom stereocenters. The Kier molecular flexibility index (Phi) is 5.76. The normalized spacial score (nSPS) is 11.4. The summed E-state index contributed by atoms with van der Waals surface area (Å²) in [4.78, 5) is 16.1. The number of amides is 1. The fourth-order valence-electron chi connectivity index (χ4n) is 1.58. The van der Waals surface area contributed by atoms with Crippen LogP contribution in [0.4, 0.5) is 0 Å². The predicted molar refractivity (Wildman–Crippen MR) is 76.6 cm³/mol. The molecule has 4 nitrogen and oxygen atoms in total. The molecule has 1 amide bonds. The lowest BCUT2D eigenvalue weighted by Crippen LogP contribution is -2.34. The summed E-state index contributed by atoms with van der Waals surface area (Å²) < 4.78 is 5.06. The molecule has 1 heterocycles. The summed E-state index contributed by atoms with van der Waals surface area (Å²) in [5.74, 6) is -0.192. The minimum atomic E-state index is -0.192. The molecule has 1 N–H and O–H groups in total. The van der Waals surface area contributed by atoms with Crippen LogP contribution >= 0.6 is 11.6 Å². The number of aromatic nitrogens is 1. The number of carbonyl (C=O) groups excluding carboxylic acids is 1. The molecule has 0 saturated carbocycles. The van der Waals surface area contributed by atoms with E-state index in [-0.39, 0.29) is 11.3 Å². The summed E-state index contributed by atoms with van der Waals surface area (Å²) in [5, 5.41) is 3.32. The van der Waals surface area contributed by atoms with Gasteiger partial charge in [-0.15, -0.1) is 0 Å². The molecular weight excluding hydrogens is 264 g/mol. The van der Waals surface area contributed by atoms with Crippen LogP contribution in [-0.4, -0.2) is 31.2 Å². The van der Waals surface area contributed by atoms with E-state index in [2.05, 4.69) is 24.1 Å². The first-order valence-corrected chi connectivity index (χ1v) is 6.63. The third-order valence-corrected chi connectivity index (χ3v) is 3.26. The molecule has 0 spiro atoms. The highest BCUT2D eigenvalue weighted by Gasteiger charge is 2.20. The van der Waals surface area contributed by atoms with Crippen molar-refractivity contribution in [1.82, 2.24) is 10.3 Å². The highest BCUT2D eigenvalue weighted by Crippen LogP contribution is 2.20. The van der Waals surface area contributed by atoms with Gasteiger partial charge in [0, 0.05) is 32.2 Å². The summed E-state index contributed by atoms with van der Waals surface area (Å²) in [6.45, 7) is 7.25. The van der Waals surface area contributed by atoms with E-state index < -0.39 is 0 Å². The number of nitrogens with one attached hydrogen (secondary N) is 1. The third kappa shape index (κ3) is 5.17. The van der Waals surface area contributed by atoms with Crippen molar-refractivity contribution in [1.29, 1.82) is 0 Å². The van der Waals surface area contributed by atoms with Crippen LogP contribution in [0, 0.1) is 12.3 Å². The number of aryl methyl sites for hydroxylation is 1. The molecule has 0 aliphatic carbocycles. The molecule has 1 aromatic rings. The SMILES string of the molecule is COCCC(C)(C)CNC(=O)c1cnc(C)cc1Cl. The van der Waals surface area contributed by atoms with Crippen molar-refractivity contribution in [3.05, 3.63) is 28.5 Å². The van der Waals surface area contributed by atoms with Crippen molar-refractivity contribution in [3.8, 4) is 0 Å². The van der Waals surface area contributed by atoms with Gasteiger partial charge in [0.15, 0.2) is 0 Å². The molecule has 0 aliphatic heterocycles. The van der Waals surface area contributed by atoms with Crippen molar-refractivity contribution >= 4 is 17.5 Å². The quantitative estimate of drug-likeness (QED) is 0.874. The molecular formula is C14H21ClN2O2. The average Bonchev–Trinajstić information content (AvgIpc) is 2.34. The summed E-state index contributed by atoms with van der Waals surface area (Å²) in [7, 11) is 1.67. The molecule has 0 aromatic carbocycles. The van der Waals surface area contributed by atoms with E-state index in [1.165, 1.54) is 6.20 Å². The van der Waals surface area contributed by atoms with Crippen LogP contribution in [0.15, 0.2) is 12.3 Å². The maximum absolute atomic E-state index is 12.0. The van der Waals surface area contributed by atoms with Crippen LogP contribution in [-0.2, 0) is 4.74 Å². The van der Waals surface area contributed by atoms with E-state index in [1.54, 1.807) is 13.2 Å². The van der Waals surface area contributed by atoms with Gasteiger partial charge in [0.05, 0.1) is 10.6 Å². The van der Waals surface area contributed by atoms with Gasteiger partial charge in [0.2, 0.25) is 0 Å². The van der Waals surface area contributed by atoms with Gasteiger partial charge < -0.3 is 10.1 Å². The van der Waals surface area contributed by atoms with Gasteiger partial charge in [0.25, 0.3) is 5.91 Å². The molecule has 5 heteroatoms. The minimum absolute atomic E-state index is 0.0176. The lowest BCUT2D eigenvalue weighted by molar-refractivity contribution is 0.0920. The Labute approximate surface area is 119 Å². The first-order valence-electron chi connectivity index (χ1n) is 6.25. The number of methoxy groups -OCH3 is 1. The maximum atomic E-state index is 12.0. The molecule has 0 aliphatic rings. The van der Waals surface area contributed by atoms with Crippen molar-refractivity contribution in [3.63, 3.8) is 0 Å². The topological polar surface area (TPSA) is 51.2 Å². The van der Waals surface area contributed by atoms with Gasteiger partial charge in [-0.05, 0) is 24.8 Å². The monoisotopic (exact) mass is 284 g/mol. The Morgan fingerprint density at radius 2 is 2.21 bits per heavy atom. The molecule has 106 valence electrons. The fraction of sp³-hybridized carbons (Fsp3) is 0.571. The Morgan fingerprint density at radius 3 is 2.79 bits per heavy atom. The van der Waals surface area contributed by atoms with Crippen molar-refractivity contribution in [2.24, 2.45) is 5.41 Å². The molecule has 19 heavy (non-hydrogen) atoms. The second-order valence-corrected chi connectivity index (χ2v) is 5.80. The van der Waals surface area contributed by atoms with E-state index in [0.29, 0.717) is 23.7 Å². The molecule has 0 bridgehead atoms. The van der Waals surface area contributed by atoms with Crippen molar-refractivity contribution in [2.75, 3.05) is 20.3 Å². The zero-order chi connectivity index (χ0) is 14.5. The first kappa shape index (κ1) is 15.9. The van der Waals surface area contributed by atoms with E-state index in [0.717, 1.165) is 12.1 Å². The highest BCUT2D eigenvalue weighted by molar-refractivity contribution is 6.33. The van der Waals surface area contributed by atoms with Crippen molar-refractivity contribution in [2.45, 2.75) is 27.2 Å². The second kappa shape index (κ2) is 6.87. The number of nitrogens with zero attached hydrogens (tertiary/aromatic N) is 1. The van der Waals surface area contributed by atoms with E-state index in [4.69, 9.17) is 16.3 Å². The van der Waals surface area contributed by atoms with Crippen molar-refractivity contribution < 1.29 is 9.53 Å². The van der Waals surface area contributed by atoms with Gasteiger partial charge in [-0.1, -0.05) is 25.4 Å². The summed E-state index contributed by atoms with van der Waals surface area (Å²) in [6, 6.07) is 1.69. The number of hydrogen-bond acceptors (Lipinski definition) is 3. The number of ether oxygens (including phenoxy) is 1. The van der Waals surface area contributed by atoms with E-state index in [9.17, 15) is 4.79 Å². The van der Waals surface area contributed by atoms with Gasteiger partial charge in [-0.3, -0.25) is 9.78 Å². The number of carbonyl (C=O) groups is 1. The van der Waals surface area contributed by atoms with Gasteiger partial charge in [-0.25, -0.2) is 0 Å². The molecule has 0 fully saturated rings. The maximum Gasteiger partial charge on any atom is 0.254 e.